The van der Waals surface area contributed by atoms with Crippen LogP contribution in [0.1, 0.15) is 11.5 Å². The summed E-state index contributed by atoms with van der Waals surface area (Å²) in [6.45, 7) is 8.33. The lowest BCUT2D eigenvalue weighted by Crippen LogP contribution is -2.19. The summed E-state index contributed by atoms with van der Waals surface area (Å²) < 4.78 is 0.951. The molecule has 0 aromatic carbocycles. The van der Waals surface area contributed by atoms with Gasteiger partial charge in [0.05, 0.1) is 10.2 Å². The third kappa shape index (κ3) is 2.32. The van der Waals surface area contributed by atoms with Gasteiger partial charge in [-0.15, -0.1) is 6.58 Å². The first-order chi connectivity index (χ1) is 6.56. The Morgan fingerprint density at radius 3 is 2.64 bits per heavy atom. The monoisotopic (exact) mass is 255 g/mol. The van der Waals surface area contributed by atoms with E-state index < -0.39 is 0 Å². The van der Waals surface area contributed by atoms with E-state index >= 15 is 0 Å². The first-order valence-corrected chi connectivity index (χ1v) is 5.18. The molecular weight excluding hydrogens is 242 g/mol. The van der Waals surface area contributed by atoms with Crippen molar-refractivity contribution in [2.45, 2.75) is 13.8 Å². The van der Waals surface area contributed by atoms with Crippen molar-refractivity contribution in [2.75, 3.05) is 18.5 Å². The Kier molecular flexibility index (Phi) is 3.63. The molecule has 0 aliphatic rings. The molecule has 0 spiro atoms. The van der Waals surface area contributed by atoms with Crippen molar-refractivity contribution in [3.63, 3.8) is 0 Å². The third-order valence-electron chi connectivity index (χ3n) is 1.88. The third-order valence-corrected chi connectivity index (χ3v) is 2.80. The van der Waals surface area contributed by atoms with E-state index in [4.69, 9.17) is 0 Å². The average Bonchev–Trinajstić information content (AvgIpc) is 2.11. The summed E-state index contributed by atoms with van der Waals surface area (Å²) in [4.78, 5) is 10.7. The first kappa shape index (κ1) is 11.2. The van der Waals surface area contributed by atoms with Gasteiger partial charge in [0.15, 0.2) is 0 Å². The highest BCUT2D eigenvalue weighted by Crippen LogP contribution is 2.25. The molecule has 0 saturated heterocycles. The van der Waals surface area contributed by atoms with Gasteiger partial charge in [-0.25, -0.2) is 9.97 Å². The summed E-state index contributed by atoms with van der Waals surface area (Å²) in [5.74, 6) is 1.70. The molecule has 0 bridgehead atoms. The largest absolute Gasteiger partial charge is 0.355 e. The van der Waals surface area contributed by atoms with Crippen LogP contribution in [0.15, 0.2) is 17.1 Å². The topological polar surface area (TPSA) is 29.0 Å². The molecule has 0 saturated carbocycles. The maximum atomic E-state index is 4.37. The van der Waals surface area contributed by atoms with Crippen LogP contribution >= 0.6 is 15.9 Å². The molecule has 3 nitrogen and oxygen atoms in total. The van der Waals surface area contributed by atoms with E-state index in [9.17, 15) is 0 Å². The quantitative estimate of drug-likeness (QED) is 0.778. The molecule has 14 heavy (non-hydrogen) atoms. The molecule has 1 aromatic heterocycles. The molecular formula is C10H14BrN3. The summed E-state index contributed by atoms with van der Waals surface area (Å²) in [5.41, 5.74) is 0.961. The number of rotatable bonds is 3. The molecule has 1 aromatic rings. The van der Waals surface area contributed by atoms with E-state index in [0.717, 1.165) is 28.4 Å². The van der Waals surface area contributed by atoms with Crippen molar-refractivity contribution in [3.8, 4) is 0 Å². The van der Waals surface area contributed by atoms with Crippen molar-refractivity contribution in [1.82, 2.24) is 9.97 Å². The van der Waals surface area contributed by atoms with Gasteiger partial charge >= 0.3 is 0 Å². The van der Waals surface area contributed by atoms with Gasteiger partial charge < -0.3 is 4.90 Å². The molecule has 0 aliphatic carbocycles. The van der Waals surface area contributed by atoms with Gasteiger partial charge in [-0.1, -0.05) is 6.08 Å². The Balaban J connectivity index is 3.12. The maximum absolute atomic E-state index is 4.37. The second-order valence-electron chi connectivity index (χ2n) is 3.16. The van der Waals surface area contributed by atoms with Crippen LogP contribution in [0.25, 0.3) is 0 Å². The van der Waals surface area contributed by atoms with Gasteiger partial charge in [0.1, 0.15) is 11.6 Å². The van der Waals surface area contributed by atoms with Crippen LogP contribution in [0.3, 0.4) is 0 Å². The van der Waals surface area contributed by atoms with E-state index in [1.165, 1.54) is 0 Å². The van der Waals surface area contributed by atoms with Gasteiger partial charge in [0, 0.05) is 13.6 Å². The number of halogens is 1. The van der Waals surface area contributed by atoms with Crippen LogP contribution in [0.5, 0.6) is 0 Å². The van der Waals surface area contributed by atoms with Gasteiger partial charge in [-0.2, -0.15) is 0 Å². The highest BCUT2D eigenvalue weighted by molar-refractivity contribution is 9.10. The second-order valence-corrected chi connectivity index (χ2v) is 3.96. The van der Waals surface area contributed by atoms with Crippen LogP contribution in [0.2, 0.25) is 0 Å². The minimum absolute atomic E-state index is 0.772. The lowest BCUT2D eigenvalue weighted by molar-refractivity contribution is 0.922. The van der Waals surface area contributed by atoms with Crippen LogP contribution in [0.4, 0.5) is 5.82 Å². The zero-order valence-corrected chi connectivity index (χ0v) is 10.3. The van der Waals surface area contributed by atoms with Crippen molar-refractivity contribution in [2.24, 2.45) is 0 Å². The first-order valence-electron chi connectivity index (χ1n) is 4.39. The van der Waals surface area contributed by atoms with E-state index in [-0.39, 0.29) is 0 Å². The number of hydrogen-bond acceptors (Lipinski definition) is 3. The van der Waals surface area contributed by atoms with Gasteiger partial charge in [-0.3, -0.25) is 0 Å². The van der Waals surface area contributed by atoms with Crippen molar-refractivity contribution in [3.05, 3.63) is 28.6 Å². The van der Waals surface area contributed by atoms with Crippen molar-refractivity contribution < 1.29 is 0 Å². The Morgan fingerprint density at radius 2 is 2.07 bits per heavy atom. The Morgan fingerprint density at radius 1 is 1.43 bits per heavy atom. The van der Waals surface area contributed by atoms with Gasteiger partial charge in [0.25, 0.3) is 0 Å². The number of aromatic nitrogens is 2. The maximum Gasteiger partial charge on any atom is 0.146 e. The number of aryl methyl sites for hydroxylation is 2. The van der Waals surface area contributed by atoms with Gasteiger partial charge in [-0.05, 0) is 29.8 Å². The molecule has 76 valence electrons. The molecule has 0 aliphatic heterocycles. The zero-order chi connectivity index (χ0) is 10.7. The van der Waals surface area contributed by atoms with E-state index in [1.807, 2.05) is 31.9 Å². The Hall–Kier alpha value is -0.900. The van der Waals surface area contributed by atoms with E-state index in [2.05, 4.69) is 32.5 Å². The SMILES string of the molecule is C=CCN(C)c1nc(C)nc(C)c1Br. The lowest BCUT2D eigenvalue weighted by Gasteiger charge is -2.18. The molecule has 0 N–H and O–H groups in total. The van der Waals surface area contributed by atoms with Crippen molar-refractivity contribution >= 4 is 21.7 Å². The highest BCUT2D eigenvalue weighted by atomic mass is 79.9. The number of likely N-dealkylation sites (N-methyl/N-ethyl adjacent to an activating group) is 1. The van der Waals surface area contributed by atoms with Crippen LogP contribution < -0.4 is 4.90 Å². The van der Waals surface area contributed by atoms with Crippen LogP contribution in [0, 0.1) is 13.8 Å². The highest BCUT2D eigenvalue weighted by Gasteiger charge is 2.10. The fraction of sp³-hybridized carbons (Fsp3) is 0.400. The summed E-state index contributed by atoms with van der Waals surface area (Å²) in [6.07, 6.45) is 1.85. The lowest BCUT2D eigenvalue weighted by atomic mass is 10.4. The molecule has 0 fully saturated rings. The van der Waals surface area contributed by atoms with Crippen molar-refractivity contribution in [1.29, 1.82) is 0 Å². The Labute approximate surface area is 93.0 Å². The van der Waals surface area contributed by atoms with Gasteiger partial charge in [0.2, 0.25) is 0 Å². The number of anilines is 1. The summed E-state index contributed by atoms with van der Waals surface area (Å²) in [7, 11) is 1.98. The zero-order valence-electron chi connectivity index (χ0n) is 8.71. The molecule has 1 rings (SSSR count). The fourth-order valence-corrected chi connectivity index (χ4v) is 1.69. The second kappa shape index (κ2) is 4.55. The minimum atomic E-state index is 0.772. The average molecular weight is 256 g/mol. The molecule has 0 radical (unpaired) electrons. The molecule has 4 heteroatoms. The number of hydrogen-bond donors (Lipinski definition) is 0. The summed E-state index contributed by atoms with van der Waals surface area (Å²) in [6, 6.07) is 0. The molecule has 0 atom stereocenters. The smallest absolute Gasteiger partial charge is 0.146 e. The normalized spacial score (nSPS) is 10.0. The van der Waals surface area contributed by atoms with E-state index in [1.54, 1.807) is 0 Å². The van der Waals surface area contributed by atoms with Crippen LogP contribution in [-0.2, 0) is 0 Å². The van der Waals surface area contributed by atoms with Crippen LogP contribution in [-0.4, -0.2) is 23.6 Å². The molecule has 1 heterocycles. The number of nitrogens with zero attached hydrogens (tertiary/aromatic N) is 3. The summed E-state index contributed by atoms with van der Waals surface area (Å²) >= 11 is 3.48. The molecule has 0 unspecified atom stereocenters. The van der Waals surface area contributed by atoms with E-state index in [0.29, 0.717) is 0 Å². The predicted octanol–water partition coefficient (Wildman–Crippen LogP) is 2.48. The molecule has 0 amide bonds. The standard InChI is InChI=1S/C10H14BrN3/c1-5-6-14(4)10-9(11)7(2)12-8(3)13-10/h5H,1,6H2,2-4H3. The summed E-state index contributed by atoms with van der Waals surface area (Å²) in [5, 5.41) is 0. The minimum Gasteiger partial charge on any atom is -0.355 e. The Bertz CT molecular complexity index is 349. The predicted molar refractivity (Wildman–Crippen MR) is 62.7 cm³/mol. The fourth-order valence-electron chi connectivity index (χ4n) is 1.21.